The average Bonchev–Trinajstić information content (AvgIpc) is 2.87. The molecule has 0 saturated heterocycles. The highest BCUT2D eigenvalue weighted by molar-refractivity contribution is 7.14. The van der Waals surface area contributed by atoms with Crippen molar-refractivity contribution in [3.8, 4) is 11.8 Å². The van der Waals surface area contributed by atoms with Gasteiger partial charge in [0.05, 0.1) is 22.9 Å². The Morgan fingerprint density at radius 1 is 1.45 bits per heavy atom. The molecule has 0 aliphatic carbocycles. The lowest BCUT2D eigenvalue weighted by Crippen LogP contribution is -2.37. The molecule has 0 fully saturated rings. The van der Waals surface area contributed by atoms with E-state index in [1.165, 1.54) is 16.2 Å². The van der Waals surface area contributed by atoms with E-state index in [2.05, 4.69) is 17.2 Å². The third-order valence-corrected chi connectivity index (χ3v) is 3.36. The largest absolute Gasteiger partial charge is 0.395 e. The topological polar surface area (TPSA) is 69.6 Å². The SMILES string of the molecule is CCNC(=O)CN(C)C(=O)c1ccc(C#CCCO)s1. The molecule has 0 atom stereocenters. The van der Waals surface area contributed by atoms with Crippen LogP contribution in [0.5, 0.6) is 0 Å². The fraction of sp³-hybridized carbons (Fsp3) is 0.429. The molecule has 1 aromatic heterocycles. The van der Waals surface area contributed by atoms with E-state index in [1.807, 2.05) is 6.92 Å². The van der Waals surface area contributed by atoms with Gasteiger partial charge in [-0.2, -0.15) is 0 Å². The molecule has 0 radical (unpaired) electrons. The lowest BCUT2D eigenvalue weighted by Gasteiger charge is -2.15. The number of aliphatic hydroxyl groups is 1. The summed E-state index contributed by atoms with van der Waals surface area (Å²) in [5.74, 6) is 5.31. The highest BCUT2D eigenvalue weighted by Gasteiger charge is 2.16. The molecule has 1 aromatic rings. The average molecular weight is 294 g/mol. The smallest absolute Gasteiger partial charge is 0.264 e. The van der Waals surface area contributed by atoms with E-state index in [0.29, 0.717) is 17.8 Å². The monoisotopic (exact) mass is 294 g/mol. The lowest BCUT2D eigenvalue weighted by molar-refractivity contribution is -0.121. The molecular weight excluding hydrogens is 276 g/mol. The van der Waals surface area contributed by atoms with Crippen molar-refractivity contribution in [2.75, 3.05) is 26.7 Å². The molecule has 0 aliphatic heterocycles. The van der Waals surface area contributed by atoms with E-state index in [1.54, 1.807) is 19.2 Å². The van der Waals surface area contributed by atoms with E-state index < -0.39 is 0 Å². The Morgan fingerprint density at radius 2 is 2.20 bits per heavy atom. The summed E-state index contributed by atoms with van der Waals surface area (Å²) in [6, 6.07) is 3.46. The molecule has 0 saturated carbocycles. The van der Waals surface area contributed by atoms with Crippen molar-refractivity contribution in [2.24, 2.45) is 0 Å². The molecule has 6 heteroatoms. The minimum absolute atomic E-state index is 0.0272. The van der Waals surface area contributed by atoms with Crippen molar-refractivity contribution in [3.63, 3.8) is 0 Å². The van der Waals surface area contributed by atoms with Crippen molar-refractivity contribution in [3.05, 3.63) is 21.9 Å². The maximum atomic E-state index is 12.1. The van der Waals surface area contributed by atoms with Crippen molar-refractivity contribution < 1.29 is 14.7 Å². The fourth-order valence-corrected chi connectivity index (χ4v) is 2.33. The van der Waals surface area contributed by atoms with Gasteiger partial charge in [-0.3, -0.25) is 9.59 Å². The van der Waals surface area contributed by atoms with Crippen LogP contribution in [-0.2, 0) is 4.79 Å². The number of amides is 2. The van der Waals surface area contributed by atoms with E-state index in [-0.39, 0.29) is 25.0 Å². The predicted octanol–water partition coefficient (Wildman–Crippen LogP) is 0.690. The first-order chi connectivity index (χ1) is 9.58. The van der Waals surface area contributed by atoms with Gasteiger partial charge < -0.3 is 15.3 Å². The molecule has 20 heavy (non-hydrogen) atoms. The van der Waals surface area contributed by atoms with Crippen LogP contribution >= 0.6 is 11.3 Å². The molecule has 0 aromatic carbocycles. The Bertz CT molecular complexity index is 528. The number of carbonyl (C=O) groups excluding carboxylic acids is 2. The van der Waals surface area contributed by atoms with Gasteiger partial charge in [0, 0.05) is 20.0 Å². The highest BCUT2D eigenvalue weighted by atomic mass is 32.1. The van der Waals surface area contributed by atoms with Crippen molar-refractivity contribution >= 4 is 23.2 Å². The van der Waals surface area contributed by atoms with Gasteiger partial charge in [0.25, 0.3) is 5.91 Å². The number of hydrogen-bond acceptors (Lipinski definition) is 4. The van der Waals surface area contributed by atoms with Crippen LogP contribution in [0.15, 0.2) is 12.1 Å². The first-order valence-electron chi connectivity index (χ1n) is 6.30. The second-order valence-electron chi connectivity index (χ2n) is 4.05. The summed E-state index contributed by atoms with van der Waals surface area (Å²) in [6.45, 7) is 2.44. The summed E-state index contributed by atoms with van der Waals surface area (Å²) >= 11 is 1.28. The maximum absolute atomic E-state index is 12.1. The molecular formula is C14H18N2O3S. The number of carbonyl (C=O) groups is 2. The number of rotatable bonds is 5. The van der Waals surface area contributed by atoms with Crippen LogP contribution in [0, 0.1) is 11.8 Å². The van der Waals surface area contributed by atoms with Crippen LogP contribution < -0.4 is 5.32 Å². The maximum Gasteiger partial charge on any atom is 0.264 e. The van der Waals surface area contributed by atoms with E-state index in [4.69, 9.17) is 5.11 Å². The molecule has 2 amide bonds. The number of likely N-dealkylation sites (N-methyl/N-ethyl adjacent to an activating group) is 2. The van der Waals surface area contributed by atoms with Gasteiger partial charge >= 0.3 is 0 Å². The van der Waals surface area contributed by atoms with E-state index >= 15 is 0 Å². The zero-order valence-corrected chi connectivity index (χ0v) is 12.4. The number of thiophene rings is 1. The van der Waals surface area contributed by atoms with Gasteiger partial charge in [-0.1, -0.05) is 11.8 Å². The van der Waals surface area contributed by atoms with Gasteiger partial charge in [-0.15, -0.1) is 11.3 Å². The first kappa shape index (κ1) is 16.2. The summed E-state index contributed by atoms with van der Waals surface area (Å²) in [5, 5.41) is 11.3. The Kier molecular flexibility index (Phi) is 6.77. The first-order valence-corrected chi connectivity index (χ1v) is 7.11. The normalized spacial score (nSPS) is 9.55. The Morgan fingerprint density at radius 3 is 2.85 bits per heavy atom. The molecule has 0 unspecified atom stereocenters. The molecule has 108 valence electrons. The minimum atomic E-state index is -0.198. The quantitative estimate of drug-likeness (QED) is 0.785. The zero-order valence-electron chi connectivity index (χ0n) is 11.6. The summed E-state index contributed by atoms with van der Waals surface area (Å²) in [5.41, 5.74) is 0. The summed E-state index contributed by atoms with van der Waals surface area (Å²) in [7, 11) is 1.59. The molecule has 0 aliphatic rings. The molecule has 0 spiro atoms. The van der Waals surface area contributed by atoms with Gasteiger partial charge in [0.2, 0.25) is 5.91 Å². The minimum Gasteiger partial charge on any atom is -0.395 e. The number of nitrogens with zero attached hydrogens (tertiary/aromatic N) is 1. The second-order valence-corrected chi connectivity index (χ2v) is 5.14. The number of hydrogen-bond donors (Lipinski definition) is 2. The van der Waals surface area contributed by atoms with Crippen LogP contribution in [0.4, 0.5) is 0 Å². The second kappa shape index (κ2) is 8.35. The predicted molar refractivity (Wildman–Crippen MR) is 78.5 cm³/mol. The summed E-state index contributed by atoms with van der Waals surface area (Å²) in [6.07, 6.45) is 0.415. The van der Waals surface area contributed by atoms with Gasteiger partial charge in [-0.05, 0) is 19.1 Å². The van der Waals surface area contributed by atoms with Crippen molar-refractivity contribution in [1.29, 1.82) is 0 Å². The van der Waals surface area contributed by atoms with E-state index in [9.17, 15) is 9.59 Å². The Balaban J connectivity index is 2.64. The van der Waals surface area contributed by atoms with E-state index in [0.717, 1.165) is 4.88 Å². The molecule has 0 bridgehead atoms. The van der Waals surface area contributed by atoms with Crippen molar-refractivity contribution in [1.82, 2.24) is 10.2 Å². The number of nitrogens with one attached hydrogen (secondary N) is 1. The van der Waals surface area contributed by atoms with Gasteiger partial charge in [-0.25, -0.2) is 0 Å². The molecule has 1 heterocycles. The Labute approximate surface area is 122 Å². The third kappa shape index (κ3) is 5.03. The van der Waals surface area contributed by atoms with Crippen LogP contribution in [0.1, 0.15) is 27.9 Å². The highest BCUT2D eigenvalue weighted by Crippen LogP contribution is 2.17. The van der Waals surface area contributed by atoms with Crippen LogP contribution in [0.25, 0.3) is 0 Å². The molecule has 5 nitrogen and oxygen atoms in total. The summed E-state index contributed by atoms with van der Waals surface area (Å²) < 4.78 is 0. The zero-order chi connectivity index (χ0) is 15.0. The van der Waals surface area contributed by atoms with Crippen molar-refractivity contribution in [2.45, 2.75) is 13.3 Å². The molecule has 1 rings (SSSR count). The van der Waals surface area contributed by atoms with Crippen LogP contribution in [0.3, 0.4) is 0 Å². The standard InChI is InChI=1S/C14H18N2O3S/c1-3-15-13(18)10-16(2)14(19)12-8-7-11(20-12)6-4-5-9-17/h7-8,17H,3,5,9-10H2,1-2H3,(H,15,18). The molecule has 2 N–H and O–H groups in total. The van der Waals surface area contributed by atoms with Crippen LogP contribution in [-0.4, -0.2) is 48.6 Å². The van der Waals surface area contributed by atoms with Gasteiger partial charge in [0.15, 0.2) is 0 Å². The Hall–Kier alpha value is -1.84. The number of aliphatic hydroxyl groups excluding tert-OH is 1. The fourth-order valence-electron chi connectivity index (χ4n) is 1.45. The summed E-state index contributed by atoms with van der Waals surface area (Å²) in [4.78, 5) is 26.2. The van der Waals surface area contributed by atoms with Crippen LogP contribution in [0.2, 0.25) is 0 Å². The van der Waals surface area contributed by atoms with Gasteiger partial charge in [0.1, 0.15) is 0 Å². The third-order valence-electron chi connectivity index (χ3n) is 2.37. The lowest BCUT2D eigenvalue weighted by atomic mass is 10.3.